The molecule has 3 heteroatoms. The molecule has 1 rings (SSSR count). The zero-order valence-corrected chi connectivity index (χ0v) is 7.91. The highest BCUT2D eigenvalue weighted by Gasteiger charge is 2.05. The van der Waals surface area contributed by atoms with E-state index in [-0.39, 0.29) is 5.78 Å². The Morgan fingerprint density at radius 3 is 2.71 bits per heavy atom. The van der Waals surface area contributed by atoms with Crippen LogP contribution in [0.1, 0.15) is 20.7 Å². The first-order valence-electron chi connectivity index (χ1n) is 4.16. The van der Waals surface area contributed by atoms with E-state index in [1.54, 1.807) is 25.2 Å². The lowest BCUT2D eigenvalue weighted by atomic mass is 10.1. The molecule has 0 spiro atoms. The molecule has 0 heterocycles. The van der Waals surface area contributed by atoms with Crippen molar-refractivity contribution in [1.82, 2.24) is 0 Å². The SMILES string of the molecule is C=CC(=O)c1ccc(C=O)c(NC)c1. The number of rotatable bonds is 4. The van der Waals surface area contributed by atoms with Crippen LogP contribution in [0.5, 0.6) is 0 Å². The predicted molar refractivity (Wildman–Crippen MR) is 55.9 cm³/mol. The number of anilines is 1. The van der Waals surface area contributed by atoms with Gasteiger partial charge in [0.1, 0.15) is 0 Å². The summed E-state index contributed by atoms with van der Waals surface area (Å²) < 4.78 is 0. The summed E-state index contributed by atoms with van der Waals surface area (Å²) in [5.74, 6) is -0.154. The van der Waals surface area contributed by atoms with Crippen molar-refractivity contribution in [1.29, 1.82) is 0 Å². The summed E-state index contributed by atoms with van der Waals surface area (Å²) in [4.78, 5) is 21.8. The number of allylic oxidation sites excluding steroid dienone is 1. The minimum atomic E-state index is -0.154. The molecule has 0 amide bonds. The molecule has 0 aliphatic rings. The van der Waals surface area contributed by atoms with Gasteiger partial charge in [0.2, 0.25) is 0 Å². The Labute approximate surface area is 82.4 Å². The third kappa shape index (κ3) is 1.88. The van der Waals surface area contributed by atoms with Crippen molar-refractivity contribution >= 4 is 17.8 Å². The number of carbonyl (C=O) groups excluding carboxylic acids is 2. The fourth-order valence-electron chi connectivity index (χ4n) is 1.15. The molecule has 0 aromatic heterocycles. The lowest BCUT2D eigenvalue weighted by molar-refractivity contribution is 0.104. The van der Waals surface area contributed by atoms with E-state index in [9.17, 15) is 9.59 Å². The Balaban J connectivity index is 3.19. The first-order valence-corrected chi connectivity index (χ1v) is 4.16. The summed E-state index contributed by atoms with van der Waals surface area (Å²) in [6.45, 7) is 3.40. The average Bonchev–Trinajstić information content (AvgIpc) is 2.26. The summed E-state index contributed by atoms with van der Waals surface area (Å²) in [5.41, 5.74) is 1.70. The number of aldehydes is 1. The second-order valence-corrected chi connectivity index (χ2v) is 2.74. The van der Waals surface area contributed by atoms with E-state index in [0.29, 0.717) is 16.8 Å². The zero-order chi connectivity index (χ0) is 10.6. The van der Waals surface area contributed by atoms with Crippen molar-refractivity contribution in [3.8, 4) is 0 Å². The van der Waals surface area contributed by atoms with Gasteiger partial charge in [-0.15, -0.1) is 0 Å². The van der Waals surface area contributed by atoms with Crippen molar-refractivity contribution in [2.24, 2.45) is 0 Å². The van der Waals surface area contributed by atoms with Gasteiger partial charge in [0.05, 0.1) is 0 Å². The summed E-state index contributed by atoms with van der Waals surface area (Å²) in [6, 6.07) is 4.85. The van der Waals surface area contributed by atoms with E-state index >= 15 is 0 Å². The fourth-order valence-corrected chi connectivity index (χ4v) is 1.15. The van der Waals surface area contributed by atoms with Crippen LogP contribution >= 0.6 is 0 Å². The maximum absolute atomic E-state index is 11.2. The van der Waals surface area contributed by atoms with Gasteiger partial charge in [0.15, 0.2) is 12.1 Å². The van der Waals surface area contributed by atoms with E-state index in [2.05, 4.69) is 11.9 Å². The van der Waals surface area contributed by atoms with Gasteiger partial charge in [-0.1, -0.05) is 12.6 Å². The van der Waals surface area contributed by atoms with Crippen LogP contribution in [-0.4, -0.2) is 19.1 Å². The lowest BCUT2D eigenvalue weighted by Crippen LogP contribution is -1.99. The van der Waals surface area contributed by atoms with Gasteiger partial charge in [-0.3, -0.25) is 9.59 Å². The number of hydrogen-bond donors (Lipinski definition) is 1. The van der Waals surface area contributed by atoms with Crippen LogP contribution in [0.15, 0.2) is 30.9 Å². The van der Waals surface area contributed by atoms with Crippen LogP contribution in [0.25, 0.3) is 0 Å². The van der Waals surface area contributed by atoms with Gasteiger partial charge < -0.3 is 5.32 Å². The standard InChI is InChI=1S/C11H11NO2/c1-3-11(14)8-4-5-9(7-13)10(6-8)12-2/h3-7,12H,1H2,2H3. The first-order chi connectivity index (χ1) is 6.72. The lowest BCUT2D eigenvalue weighted by Gasteiger charge is -2.05. The number of carbonyl (C=O) groups is 2. The van der Waals surface area contributed by atoms with Gasteiger partial charge in [-0.25, -0.2) is 0 Å². The molecule has 72 valence electrons. The smallest absolute Gasteiger partial charge is 0.185 e. The van der Waals surface area contributed by atoms with Crippen LogP contribution in [0.3, 0.4) is 0 Å². The van der Waals surface area contributed by atoms with Crippen LogP contribution < -0.4 is 5.32 Å². The second-order valence-electron chi connectivity index (χ2n) is 2.74. The molecule has 0 radical (unpaired) electrons. The molecule has 0 aliphatic carbocycles. The summed E-state index contributed by atoms with van der Waals surface area (Å²) in [7, 11) is 1.70. The highest BCUT2D eigenvalue weighted by atomic mass is 16.1. The normalized spacial score (nSPS) is 9.21. The highest BCUT2D eigenvalue weighted by molar-refractivity contribution is 6.05. The summed E-state index contributed by atoms with van der Waals surface area (Å²) >= 11 is 0. The quantitative estimate of drug-likeness (QED) is 0.447. The van der Waals surface area contributed by atoms with Crippen LogP contribution in [0, 0.1) is 0 Å². The van der Waals surface area contributed by atoms with E-state index in [1.165, 1.54) is 6.08 Å². The Hall–Kier alpha value is -1.90. The molecule has 0 atom stereocenters. The van der Waals surface area contributed by atoms with Crippen molar-refractivity contribution in [2.45, 2.75) is 0 Å². The number of ketones is 1. The van der Waals surface area contributed by atoms with Crippen LogP contribution in [0.2, 0.25) is 0 Å². The van der Waals surface area contributed by atoms with Gasteiger partial charge >= 0.3 is 0 Å². The third-order valence-electron chi connectivity index (χ3n) is 1.92. The predicted octanol–water partition coefficient (Wildman–Crippen LogP) is 1.91. The highest BCUT2D eigenvalue weighted by Crippen LogP contribution is 2.16. The molecular weight excluding hydrogens is 178 g/mol. The summed E-state index contributed by atoms with van der Waals surface area (Å²) in [5, 5.41) is 2.85. The van der Waals surface area contributed by atoms with E-state index in [4.69, 9.17) is 0 Å². The molecule has 0 fully saturated rings. The maximum Gasteiger partial charge on any atom is 0.185 e. The Morgan fingerprint density at radius 1 is 1.50 bits per heavy atom. The fraction of sp³-hybridized carbons (Fsp3) is 0.0909. The van der Waals surface area contributed by atoms with Crippen molar-refractivity contribution in [3.05, 3.63) is 42.0 Å². The van der Waals surface area contributed by atoms with Crippen LogP contribution in [0.4, 0.5) is 5.69 Å². The summed E-state index contributed by atoms with van der Waals surface area (Å²) in [6.07, 6.45) is 1.99. The van der Waals surface area contributed by atoms with Gasteiger partial charge in [0, 0.05) is 23.9 Å². The molecule has 0 aliphatic heterocycles. The Kier molecular flexibility index (Phi) is 3.18. The second kappa shape index (κ2) is 4.37. The van der Waals surface area contributed by atoms with Crippen molar-refractivity contribution < 1.29 is 9.59 Å². The topological polar surface area (TPSA) is 46.2 Å². The Bertz CT molecular complexity index is 383. The monoisotopic (exact) mass is 189 g/mol. The molecular formula is C11H11NO2. The van der Waals surface area contributed by atoms with Crippen molar-refractivity contribution in [3.63, 3.8) is 0 Å². The first kappa shape index (κ1) is 10.2. The molecule has 0 saturated heterocycles. The van der Waals surface area contributed by atoms with E-state index in [1.807, 2.05) is 0 Å². The number of benzene rings is 1. The number of nitrogens with one attached hydrogen (secondary N) is 1. The molecule has 0 unspecified atom stereocenters. The molecule has 1 N–H and O–H groups in total. The molecule has 0 saturated carbocycles. The van der Waals surface area contributed by atoms with Gasteiger partial charge in [-0.05, 0) is 18.2 Å². The van der Waals surface area contributed by atoms with Crippen molar-refractivity contribution in [2.75, 3.05) is 12.4 Å². The van der Waals surface area contributed by atoms with Crippen LogP contribution in [-0.2, 0) is 0 Å². The largest absolute Gasteiger partial charge is 0.388 e. The average molecular weight is 189 g/mol. The molecule has 3 nitrogen and oxygen atoms in total. The molecule has 14 heavy (non-hydrogen) atoms. The molecule has 0 bridgehead atoms. The minimum Gasteiger partial charge on any atom is -0.388 e. The molecule has 1 aromatic carbocycles. The Morgan fingerprint density at radius 2 is 2.21 bits per heavy atom. The maximum atomic E-state index is 11.2. The molecule has 1 aromatic rings. The zero-order valence-electron chi connectivity index (χ0n) is 7.91. The van der Waals surface area contributed by atoms with E-state index < -0.39 is 0 Å². The third-order valence-corrected chi connectivity index (χ3v) is 1.92. The number of hydrogen-bond acceptors (Lipinski definition) is 3. The van der Waals surface area contributed by atoms with E-state index in [0.717, 1.165) is 6.29 Å². The minimum absolute atomic E-state index is 0.154. The van der Waals surface area contributed by atoms with Gasteiger partial charge in [0.25, 0.3) is 0 Å². The van der Waals surface area contributed by atoms with Gasteiger partial charge in [-0.2, -0.15) is 0 Å².